The van der Waals surface area contributed by atoms with Crippen molar-refractivity contribution in [2.24, 2.45) is 7.05 Å². The number of aromatic nitrogens is 2. The van der Waals surface area contributed by atoms with E-state index in [-0.39, 0.29) is 18.1 Å². The fraction of sp³-hybridized carbons (Fsp3) is 0.250. The minimum atomic E-state index is -4.76. The Hall–Kier alpha value is -1.70. The van der Waals surface area contributed by atoms with Crippen LogP contribution in [0.25, 0.3) is 11.3 Å². The minimum Gasteiger partial charge on any atom is -0.483 e. The van der Waals surface area contributed by atoms with Gasteiger partial charge in [-0.15, -0.1) is 13.2 Å². The maximum atomic E-state index is 12.4. The lowest BCUT2D eigenvalue weighted by atomic mass is 10.1. The zero-order chi connectivity index (χ0) is 14.5. The first-order valence-corrected chi connectivity index (χ1v) is 6.39. The largest absolute Gasteiger partial charge is 0.573 e. The number of fused-ring (bicyclic) bond motifs is 3. The molecule has 0 N–H and O–H groups in total. The predicted molar refractivity (Wildman–Crippen MR) is 67.4 cm³/mol. The van der Waals surface area contributed by atoms with Gasteiger partial charge >= 0.3 is 6.36 Å². The van der Waals surface area contributed by atoms with Crippen LogP contribution in [0, 0.1) is 0 Å². The second-order valence-electron chi connectivity index (χ2n) is 4.20. The molecule has 2 heterocycles. The predicted octanol–water partition coefficient (Wildman–Crippen LogP) is 3.64. The molecule has 0 fully saturated rings. The number of ether oxygens (including phenoxy) is 2. The molecule has 0 unspecified atom stereocenters. The summed E-state index contributed by atoms with van der Waals surface area (Å²) in [6.45, 7) is 0.0972. The molecule has 106 valence electrons. The third kappa shape index (κ3) is 2.13. The number of benzene rings is 1. The van der Waals surface area contributed by atoms with Gasteiger partial charge in [0.05, 0.1) is 5.69 Å². The molecule has 20 heavy (non-hydrogen) atoms. The number of imidazole rings is 1. The van der Waals surface area contributed by atoms with Crippen molar-refractivity contribution in [1.29, 1.82) is 0 Å². The number of rotatable bonds is 1. The lowest BCUT2D eigenvalue weighted by molar-refractivity contribution is -0.275. The van der Waals surface area contributed by atoms with Crippen LogP contribution in [-0.4, -0.2) is 15.9 Å². The molecule has 0 amide bonds. The first-order chi connectivity index (χ1) is 9.37. The van der Waals surface area contributed by atoms with Crippen LogP contribution in [0.1, 0.15) is 5.69 Å². The highest BCUT2D eigenvalue weighted by atomic mass is 79.9. The average molecular weight is 349 g/mol. The summed E-state index contributed by atoms with van der Waals surface area (Å²) < 4.78 is 48.9. The summed E-state index contributed by atoms with van der Waals surface area (Å²) in [5, 5.41) is 0. The van der Waals surface area contributed by atoms with Crippen LogP contribution < -0.4 is 9.47 Å². The Labute approximate surface area is 120 Å². The third-order valence-corrected chi connectivity index (χ3v) is 3.63. The molecule has 0 saturated heterocycles. The molecule has 8 heteroatoms. The van der Waals surface area contributed by atoms with Gasteiger partial charge in [0.25, 0.3) is 0 Å². The Morgan fingerprint density at radius 1 is 1.40 bits per heavy atom. The van der Waals surface area contributed by atoms with Crippen molar-refractivity contribution >= 4 is 15.9 Å². The fourth-order valence-electron chi connectivity index (χ4n) is 2.16. The number of halogens is 4. The normalized spacial score (nSPS) is 13.4. The SMILES string of the molecule is Cn1c(Br)nc2c1-c1cccc(OC(F)(F)F)c1OC2. The topological polar surface area (TPSA) is 36.3 Å². The zero-order valence-corrected chi connectivity index (χ0v) is 11.7. The Morgan fingerprint density at radius 2 is 2.15 bits per heavy atom. The standard InChI is InChI=1S/C12H8BrF3N2O2/c1-18-9-6-3-2-4-8(20-12(14,15)16)10(6)19-5-7(9)17-11(18)13/h2-4H,5H2,1H3. The van der Waals surface area contributed by atoms with Crippen molar-refractivity contribution in [3.63, 3.8) is 0 Å². The first-order valence-electron chi connectivity index (χ1n) is 5.60. The van der Waals surface area contributed by atoms with Crippen molar-refractivity contribution in [2.75, 3.05) is 0 Å². The Morgan fingerprint density at radius 3 is 2.85 bits per heavy atom. The fourth-order valence-corrected chi connectivity index (χ4v) is 2.55. The molecular weight excluding hydrogens is 341 g/mol. The molecular formula is C12H8BrF3N2O2. The number of nitrogens with zero attached hydrogens (tertiary/aromatic N) is 2. The molecule has 0 radical (unpaired) electrons. The maximum Gasteiger partial charge on any atom is 0.573 e. The van der Waals surface area contributed by atoms with Gasteiger partial charge in [0, 0.05) is 12.6 Å². The van der Waals surface area contributed by atoms with Gasteiger partial charge < -0.3 is 14.0 Å². The quantitative estimate of drug-likeness (QED) is 0.789. The van der Waals surface area contributed by atoms with E-state index < -0.39 is 6.36 Å². The highest BCUT2D eigenvalue weighted by Gasteiger charge is 2.34. The summed E-state index contributed by atoms with van der Waals surface area (Å²) in [5.74, 6) is -0.272. The highest BCUT2D eigenvalue weighted by Crippen LogP contribution is 2.45. The van der Waals surface area contributed by atoms with Crippen molar-refractivity contribution in [3.8, 4) is 22.8 Å². The maximum absolute atomic E-state index is 12.4. The number of para-hydroxylation sites is 1. The van der Waals surface area contributed by atoms with Crippen molar-refractivity contribution < 1.29 is 22.6 Å². The van der Waals surface area contributed by atoms with Gasteiger partial charge in [0.1, 0.15) is 12.3 Å². The lowest BCUT2D eigenvalue weighted by Crippen LogP contribution is -2.18. The summed E-state index contributed by atoms with van der Waals surface area (Å²) in [4.78, 5) is 4.25. The van der Waals surface area contributed by atoms with Crippen LogP contribution in [0.5, 0.6) is 11.5 Å². The summed E-state index contributed by atoms with van der Waals surface area (Å²) in [5.41, 5.74) is 1.90. The van der Waals surface area contributed by atoms with Gasteiger partial charge in [-0.2, -0.15) is 0 Å². The van der Waals surface area contributed by atoms with Crippen molar-refractivity contribution in [3.05, 3.63) is 28.6 Å². The summed E-state index contributed by atoms with van der Waals surface area (Å²) >= 11 is 3.28. The van der Waals surface area contributed by atoms with Crippen LogP contribution in [-0.2, 0) is 13.7 Å². The highest BCUT2D eigenvalue weighted by molar-refractivity contribution is 9.10. The summed E-state index contributed by atoms with van der Waals surface area (Å²) in [7, 11) is 1.77. The van der Waals surface area contributed by atoms with Gasteiger partial charge in [0.15, 0.2) is 16.2 Å². The molecule has 0 atom stereocenters. The molecule has 0 aliphatic carbocycles. The van der Waals surface area contributed by atoms with E-state index in [2.05, 4.69) is 25.7 Å². The van der Waals surface area contributed by atoms with Crippen LogP contribution in [0.4, 0.5) is 13.2 Å². The van der Waals surface area contributed by atoms with Gasteiger partial charge in [-0.1, -0.05) is 6.07 Å². The van der Waals surface area contributed by atoms with E-state index in [4.69, 9.17) is 4.74 Å². The zero-order valence-electron chi connectivity index (χ0n) is 10.2. The van der Waals surface area contributed by atoms with Gasteiger partial charge in [0.2, 0.25) is 0 Å². The van der Waals surface area contributed by atoms with Crippen molar-refractivity contribution in [1.82, 2.24) is 9.55 Å². The smallest absolute Gasteiger partial charge is 0.483 e. The summed E-state index contributed by atoms with van der Waals surface area (Å²) in [6, 6.07) is 4.38. The van der Waals surface area contributed by atoms with E-state index >= 15 is 0 Å². The van der Waals surface area contributed by atoms with E-state index in [0.717, 1.165) is 0 Å². The molecule has 3 rings (SSSR count). The third-order valence-electron chi connectivity index (χ3n) is 2.93. The molecule has 1 aliphatic rings. The molecule has 0 saturated carbocycles. The minimum absolute atomic E-state index is 0.0767. The summed E-state index contributed by atoms with van der Waals surface area (Å²) in [6.07, 6.45) is -4.76. The van der Waals surface area contributed by atoms with Crippen LogP contribution >= 0.6 is 15.9 Å². The van der Waals surface area contributed by atoms with Crippen LogP contribution in [0.2, 0.25) is 0 Å². The van der Waals surface area contributed by atoms with Gasteiger partial charge in [-0.25, -0.2) is 4.98 Å². The molecule has 2 aromatic rings. The molecule has 1 aliphatic heterocycles. The Bertz CT molecular complexity index is 682. The van der Waals surface area contributed by atoms with Gasteiger partial charge in [-0.05, 0) is 28.1 Å². The lowest BCUT2D eigenvalue weighted by Gasteiger charge is -2.21. The van der Waals surface area contributed by atoms with E-state index in [1.807, 2.05) is 0 Å². The molecule has 1 aromatic heterocycles. The van der Waals surface area contributed by atoms with Gasteiger partial charge in [-0.3, -0.25) is 0 Å². The van der Waals surface area contributed by atoms with E-state index in [9.17, 15) is 13.2 Å². The number of alkyl halides is 3. The average Bonchev–Trinajstić information content (AvgIpc) is 2.64. The Kier molecular flexibility index (Phi) is 2.93. The van der Waals surface area contributed by atoms with E-state index in [1.165, 1.54) is 12.1 Å². The molecule has 4 nitrogen and oxygen atoms in total. The second kappa shape index (κ2) is 4.41. The first kappa shape index (κ1) is 13.3. The number of hydrogen-bond acceptors (Lipinski definition) is 3. The number of hydrogen-bond donors (Lipinski definition) is 0. The monoisotopic (exact) mass is 348 g/mol. The van der Waals surface area contributed by atoms with Crippen molar-refractivity contribution in [2.45, 2.75) is 13.0 Å². The molecule has 1 aromatic carbocycles. The Balaban J connectivity index is 2.15. The van der Waals surface area contributed by atoms with E-state index in [1.54, 1.807) is 17.7 Å². The molecule has 0 spiro atoms. The second-order valence-corrected chi connectivity index (χ2v) is 4.91. The van der Waals surface area contributed by atoms with Crippen LogP contribution in [0.15, 0.2) is 22.9 Å². The van der Waals surface area contributed by atoms with Crippen LogP contribution in [0.3, 0.4) is 0 Å². The van der Waals surface area contributed by atoms with E-state index in [0.29, 0.717) is 21.7 Å². The molecule has 0 bridgehead atoms.